The highest BCUT2D eigenvalue weighted by atomic mass is 32.1. The van der Waals surface area contributed by atoms with Crippen LogP contribution in [-0.4, -0.2) is 40.4 Å². The summed E-state index contributed by atoms with van der Waals surface area (Å²) in [6.07, 6.45) is 0. The molecule has 0 radical (unpaired) electrons. The quantitative estimate of drug-likeness (QED) is 0.407. The Bertz CT molecular complexity index is 186. The number of thiocarbonyl (C=S) groups is 1. The van der Waals surface area contributed by atoms with Crippen molar-refractivity contribution in [2.24, 2.45) is 0 Å². The van der Waals surface area contributed by atoms with Crippen molar-refractivity contribution < 1.29 is 19.8 Å². The third kappa shape index (κ3) is 6.75. The SMILES string of the molecule is O=C(O)CNC(=S)NCC(=O)O. The molecular formula is C5H8N2O4S. The molecule has 7 heteroatoms. The lowest BCUT2D eigenvalue weighted by Gasteiger charge is -2.05. The molecule has 0 bridgehead atoms. The molecule has 0 saturated carbocycles. The Morgan fingerprint density at radius 3 is 1.67 bits per heavy atom. The normalized spacial score (nSPS) is 8.67. The molecule has 0 fully saturated rings. The van der Waals surface area contributed by atoms with Gasteiger partial charge in [-0.3, -0.25) is 9.59 Å². The molecule has 0 unspecified atom stereocenters. The van der Waals surface area contributed by atoms with Crippen LogP contribution in [0.3, 0.4) is 0 Å². The number of hydrogen-bond acceptors (Lipinski definition) is 3. The maximum absolute atomic E-state index is 9.98. The van der Waals surface area contributed by atoms with Gasteiger partial charge in [-0.25, -0.2) is 0 Å². The summed E-state index contributed by atoms with van der Waals surface area (Å²) in [7, 11) is 0. The number of carbonyl (C=O) groups is 2. The number of carboxylic acid groups (broad SMARTS) is 2. The molecule has 0 aliphatic rings. The molecule has 68 valence electrons. The molecule has 0 heterocycles. The molecule has 0 aromatic heterocycles. The van der Waals surface area contributed by atoms with Gasteiger partial charge in [0.25, 0.3) is 0 Å². The van der Waals surface area contributed by atoms with Gasteiger partial charge in [0, 0.05) is 0 Å². The summed E-state index contributed by atoms with van der Waals surface area (Å²) in [6.45, 7) is -0.656. The van der Waals surface area contributed by atoms with Crippen LogP contribution >= 0.6 is 12.2 Å². The van der Waals surface area contributed by atoms with Crippen LogP contribution in [0, 0.1) is 0 Å². The van der Waals surface area contributed by atoms with E-state index in [-0.39, 0.29) is 18.2 Å². The van der Waals surface area contributed by atoms with Crippen LogP contribution in [0.1, 0.15) is 0 Å². The van der Waals surface area contributed by atoms with Crippen molar-refractivity contribution >= 4 is 29.3 Å². The van der Waals surface area contributed by atoms with Crippen molar-refractivity contribution in [1.29, 1.82) is 0 Å². The number of aliphatic carboxylic acids is 2. The Hall–Kier alpha value is -1.37. The zero-order chi connectivity index (χ0) is 9.56. The van der Waals surface area contributed by atoms with Crippen LogP contribution in [0.5, 0.6) is 0 Å². The molecule has 6 nitrogen and oxygen atoms in total. The van der Waals surface area contributed by atoms with E-state index in [0.29, 0.717) is 0 Å². The first-order valence-corrected chi connectivity index (χ1v) is 3.38. The molecular weight excluding hydrogens is 184 g/mol. The minimum absolute atomic E-state index is 0.0137. The molecule has 0 atom stereocenters. The van der Waals surface area contributed by atoms with Crippen LogP contribution in [0.25, 0.3) is 0 Å². The fraction of sp³-hybridized carbons (Fsp3) is 0.400. The van der Waals surface area contributed by atoms with Gasteiger partial charge in [-0.15, -0.1) is 0 Å². The minimum Gasteiger partial charge on any atom is -0.480 e. The molecule has 0 rings (SSSR count). The number of hydrogen-bond donors (Lipinski definition) is 4. The Morgan fingerprint density at radius 2 is 1.42 bits per heavy atom. The first-order valence-electron chi connectivity index (χ1n) is 2.97. The van der Waals surface area contributed by atoms with E-state index >= 15 is 0 Å². The van der Waals surface area contributed by atoms with Gasteiger partial charge in [0.2, 0.25) is 0 Å². The standard InChI is InChI=1S/C5H8N2O4S/c8-3(9)1-6-5(12)7-2-4(10)11/h1-2H2,(H,8,9)(H,10,11)(H2,6,7,12). The van der Waals surface area contributed by atoms with Crippen LogP contribution < -0.4 is 10.6 Å². The molecule has 0 saturated heterocycles. The third-order valence-corrected chi connectivity index (χ3v) is 1.09. The zero-order valence-corrected chi connectivity index (χ0v) is 6.85. The van der Waals surface area contributed by atoms with Gasteiger partial charge in [0.1, 0.15) is 13.1 Å². The van der Waals surface area contributed by atoms with Gasteiger partial charge in [-0.05, 0) is 12.2 Å². The van der Waals surface area contributed by atoms with E-state index in [9.17, 15) is 9.59 Å². The molecule has 12 heavy (non-hydrogen) atoms. The maximum atomic E-state index is 9.98. The largest absolute Gasteiger partial charge is 0.480 e. The van der Waals surface area contributed by atoms with Gasteiger partial charge in [0.05, 0.1) is 0 Å². The van der Waals surface area contributed by atoms with Gasteiger partial charge in [-0.2, -0.15) is 0 Å². The van der Waals surface area contributed by atoms with Gasteiger partial charge < -0.3 is 20.8 Å². The molecule has 0 spiro atoms. The number of nitrogens with one attached hydrogen (secondary N) is 2. The van der Waals surface area contributed by atoms with E-state index in [1.54, 1.807) is 0 Å². The molecule has 0 aliphatic heterocycles. The van der Waals surface area contributed by atoms with Crippen LogP contribution in [0.2, 0.25) is 0 Å². The average molecular weight is 192 g/mol. The molecule has 0 aliphatic carbocycles. The molecule has 0 aromatic carbocycles. The zero-order valence-electron chi connectivity index (χ0n) is 6.03. The van der Waals surface area contributed by atoms with Crippen LogP contribution in [0.4, 0.5) is 0 Å². The highest BCUT2D eigenvalue weighted by molar-refractivity contribution is 7.80. The number of rotatable bonds is 4. The summed E-state index contributed by atoms with van der Waals surface area (Å²) in [5.41, 5.74) is 0. The monoisotopic (exact) mass is 192 g/mol. The van der Waals surface area contributed by atoms with Crippen molar-refractivity contribution in [3.05, 3.63) is 0 Å². The second-order valence-corrected chi connectivity index (χ2v) is 2.23. The van der Waals surface area contributed by atoms with Gasteiger partial charge in [0.15, 0.2) is 5.11 Å². The van der Waals surface area contributed by atoms with Crippen molar-refractivity contribution in [1.82, 2.24) is 10.6 Å². The highest BCUT2D eigenvalue weighted by Crippen LogP contribution is 1.67. The predicted octanol–water partition coefficient (Wildman–Crippen LogP) is -1.38. The minimum atomic E-state index is -1.06. The van der Waals surface area contributed by atoms with Crippen molar-refractivity contribution in [3.63, 3.8) is 0 Å². The van der Waals surface area contributed by atoms with Crippen LogP contribution in [0.15, 0.2) is 0 Å². The average Bonchev–Trinajstić information content (AvgIpc) is 1.96. The lowest BCUT2D eigenvalue weighted by atomic mass is 10.6. The van der Waals surface area contributed by atoms with Crippen LogP contribution in [-0.2, 0) is 9.59 Å². The highest BCUT2D eigenvalue weighted by Gasteiger charge is 2.00. The third-order valence-electron chi connectivity index (χ3n) is 0.800. The Morgan fingerprint density at radius 1 is 1.08 bits per heavy atom. The van der Waals surface area contributed by atoms with Gasteiger partial charge in [-0.1, -0.05) is 0 Å². The summed E-state index contributed by atoms with van der Waals surface area (Å²) in [6, 6.07) is 0. The molecule has 0 amide bonds. The van der Waals surface area contributed by atoms with E-state index in [4.69, 9.17) is 10.2 Å². The van der Waals surface area contributed by atoms with Crippen molar-refractivity contribution in [3.8, 4) is 0 Å². The maximum Gasteiger partial charge on any atom is 0.322 e. The lowest BCUT2D eigenvalue weighted by Crippen LogP contribution is -2.40. The Labute approximate surface area is 73.6 Å². The van der Waals surface area contributed by atoms with E-state index in [0.717, 1.165) is 0 Å². The van der Waals surface area contributed by atoms with E-state index in [2.05, 4.69) is 22.9 Å². The molecule has 4 N–H and O–H groups in total. The van der Waals surface area contributed by atoms with Gasteiger partial charge >= 0.3 is 11.9 Å². The second-order valence-electron chi connectivity index (χ2n) is 1.82. The fourth-order valence-corrected chi connectivity index (χ4v) is 0.519. The number of carboxylic acids is 2. The Kier molecular flexibility index (Phi) is 4.70. The van der Waals surface area contributed by atoms with E-state index in [1.807, 2.05) is 0 Å². The summed E-state index contributed by atoms with van der Waals surface area (Å²) in [5.74, 6) is -2.12. The fourth-order valence-electron chi connectivity index (χ4n) is 0.374. The summed E-state index contributed by atoms with van der Waals surface area (Å²) in [4.78, 5) is 20.0. The first-order chi connectivity index (χ1) is 5.52. The van der Waals surface area contributed by atoms with E-state index < -0.39 is 11.9 Å². The van der Waals surface area contributed by atoms with Crippen molar-refractivity contribution in [2.45, 2.75) is 0 Å². The summed E-state index contributed by atoms with van der Waals surface area (Å²) >= 11 is 4.54. The molecule has 0 aromatic rings. The topological polar surface area (TPSA) is 98.7 Å². The predicted molar refractivity (Wildman–Crippen MR) is 43.9 cm³/mol. The smallest absolute Gasteiger partial charge is 0.322 e. The van der Waals surface area contributed by atoms with E-state index in [1.165, 1.54) is 0 Å². The second kappa shape index (κ2) is 5.30. The van der Waals surface area contributed by atoms with Crippen molar-refractivity contribution in [2.75, 3.05) is 13.1 Å². The Balaban J connectivity index is 3.47. The lowest BCUT2D eigenvalue weighted by molar-refractivity contribution is -0.136. The summed E-state index contributed by atoms with van der Waals surface area (Å²) < 4.78 is 0. The summed E-state index contributed by atoms with van der Waals surface area (Å²) in [5, 5.41) is 21.0. The first kappa shape index (κ1) is 10.6.